The highest BCUT2D eigenvalue weighted by Gasteiger charge is 2.12. The number of aromatic nitrogens is 3. The van der Waals surface area contributed by atoms with Crippen molar-refractivity contribution in [3.8, 4) is 17.2 Å². The third-order valence-electron chi connectivity index (χ3n) is 3.95. The molecule has 0 unspecified atom stereocenters. The van der Waals surface area contributed by atoms with Crippen LogP contribution in [-0.2, 0) is 6.42 Å². The third kappa shape index (κ3) is 4.57. The topological polar surface area (TPSA) is 78.3 Å². The molecule has 0 radical (unpaired) electrons. The molecule has 140 valence electrons. The van der Waals surface area contributed by atoms with Crippen molar-refractivity contribution in [3.05, 3.63) is 64.9 Å². The molecule has 2 aromatic carbocycles. The van der Waals surface area contributed by atoms with Gasteiger partial charge >= 0.3 is 0 Å². The molecular weight excluding hydrogens is 368 g/mol. The van der Waals surface area contributed by atoms with Gasteiger partial charge in [-0.05, 0) is 42.3 Å². The molecule has 1 amide bonds. The van der Waals surface area contributed by atoms with Gasteiger partial charge in [0.2, 0.25) is 0 Å². The number of nitrogens with one attached hydrogen (secondary N) is 1. The van der Waals surface area contributed by atoms with E-state index in [0.29, 0.717) is 29.5 Å². The Morgan fingerprint density at radius 3 is 2.70 bits per heavy atom. The Labute approximate surface area is 161 Å². The number of ether oxygens (including phenoxy) is 2. The fourth-order valence-corrected chi connectivity index (χ4v) is 2.74. The Bertz CT molecular complexity index is 942. The predicted octanol–water partition coefficient (Wildman–Crippen LogP) is 2.91. The fourth-order valence-electron chi connectivity index (χ4n) is 2.56. The van der Waals surface area contributed by atoms with Crippen LogP contribution in [0.3, 0.4) is 0 Å². The molecule has 27 heavy (non-hydrogen) atoms. The van der Waals surface area contributed by atoms with Crippen LogP contribution < -0.4 is 14.8 Å². The highest BCUT2D eigenvalue weighted by atomic mass is 35.5. The van der Waals surface area contributed by atoms with Crippen molar-refractivity contribution < 1.29 is 14.3 Å². The summed E-state index contributed by atoms with van der Waals surface area (Å²) in [5.41, 5.74) is 2.00. The zero-order valence-corrected chi connectivity index (χ0v) is 15.7. The first-order valence-electron chi connectivity index (χ1n) is 8.28. The van der Waals surface area contributed by atoms with Crippen molar-refractivity contribution in [1.82, 2.24) is 20.3 Å². The van der Waals surface area contributed by atoms with Gasteiger partial charge in [-0.25, -0.2) is 4.68 Å². The zero-order chi connectivity index (χ0) is 19.2. The summed E-state index contributed by atoms with van der Waals surface area (Å²) in [5.74, 6) is 1.04. The lowest BCUT2D eigenvalue weighted by Crippen LogP contribution is -2.26. The Morgan fingerprint density at radius 1 is 1.15 bits per heavy atom. The van der Waals surface area contributed by atoms with Crippen molar-refractivity contribution in [3.63, 3.8) is 0 Å². The number of hydrogen-bond acceptors (Lipinski definition) is 5. The Balaban J connectivity index is 1.59. The molecule has 0 fully saturated rings. The molecule has 7 nitrogen and oxygen atoms in total. The summed E-state index contributed by atoms with van der Waals surface area (Å²) in [4.78, 5) is 12.3. The van der Waals surface area contributed by atoms with Crippen molar-refractivity contribution in [2.75, 3.05) is 20.8 Å². The summed E-state index contributed by atoms with van der Waals surface area (Å²) < 4.78 is 12.0. The van der Waals surface area contributed by atoms with Crippen LogP contribution >= 0.6 is 11.6 Å². The van der Waals surface area contributed by atoms with E-state index in [9.17, 15) is 4.79 Å². The summed E-state index contributed by atoms with van der Waals surface area (Å²) in [5, 5.41) is 11.3. The number of halogens is 1. The van der Waals surface area contributed by atoms with E-state index in [-0.39, 0.29) is 11.6 Å². The average molecular weight is 387 g/mol. The first-order chi connectivity index (χ1) is 13.1. The molecular formula is C19H19ClN4O3. The molecule has 1 heterocycles. The van der Waals surface area contributed by atoms with Crippen molar-refractivity contribution >= 4 is 17.5 Å². The van der Waals surface area contributed by atoms with Crippen LogP contribution in [0.1, 0.15) is 16.1 Å². The SMILES string of the molecule is COc1ccc(CCNC(=O)c2cn(-c3cccc(Cl)c3)nn2)cc1OC. The Hall–Kier alpha value is -3.06. The van der Waals surface area contributed by atoms with Crippen LogP contribution in [0, 0.1) is 0 Å². The minimum Gasteiger partial charge on any atom is -0.493 e. The molecule has 0 saturated carbocycles. The first kappa shape index (κ1) is 18.7. The summed E-state index contributed by atoms with van der Waals surface area (Å²) in [6.45, 7) is 0.457. The number of amides is 1. The molecule has 1 N–H and O–H groups in total. The van der Waals surface area contributed by atoms with Crippen LogP contribution in [0.4, 0.5) is 0 Å². The normalized spacial score (nSPS) is 10.5. The van der Waals surface area contributed by atoms with Gasteiger partial charge in [-0.2, -0.15) is 0 Å². The molecule has 3 rings (SSSR count). The summed E-state index contributed by atoms with van der Waals surface area (Å²) in [6, 6.07) is 12.8. The summed E-state index contributed by atoms with van der Waals surface area (Å²) >= 11 is 5.97. The Kier molecular flexibility index (Phi) is 5.93. The standard InChI is InChI=1S/C19H19ClN4O3/c1-26-17-7-6-13(10-18(17)27-2)8-9-21-19(25)16-12-24(23-22-16)15-5-3-4-14(20)11-15/h3-7,10-12H,8-9H2,1-2H3,(H,21,25). The monoisotopic (exact) mass is 386 g/mol. The second-order valence-electron chi connectivity index (χ2n) is 5.72. The van der Waals surface area contributed by atoms with Gasteiger partial charge in [-0.15, -0.1) is 5.10 Å². The molecule has 0 saturated heterocycles. The predicted molar refractivity (Wildman–Crippen MR) is 102 cm³/mol. The molecule has 0 aliphatic carbocycles. The van der Waals surface area contributed by atoms with Crippen molar-refractivity contribution in [1.29, 1.82) is 0 Å². The quantitative estimate of drug-likeness (QED) is 0.675. The molecule has 0 spiro atoms. The number of methoxy groups -OCH3 is 2. The highest BCUT2D eigenvalue weighted by molar-refractivity contribution is 6.30. The molecule has 0 atom stereocenters. The van der Waals surface area contributed by atoms with E-state index < -0.39 is 0 Å². The van der Waals surface area contributed by atoms with E-state index in [2.05, 4.69) is 15.6 Å². The summed E-state index contributed by atoms with van der Waals surface area (Å²) in [7, 11) is 3.18. The van der Waals surface area contributed by atoms with Crippen LogP contribution in [0.2, 0.25) is 5.02 Å². The van der Waals surface area contributed by atoms with Gasteiger partial charge < -0.3 is 14.8 Å². The lowest BCUT2D eigenvalue weighted by molar-refractivity contribution is 0.0949. The van der Waals surface area contributed by atoms with Crippen LogP contribution in [-0.4, -0.2) is 41.7 Å². The number of carbonyl (C=O) groups excluding carboxylic acids is 1. The highest BCUT2D eigenvalue weighted by Crippen LogP contribution is 2.27. The molecule has 1 aromatic heterocycles. The molecule has 3 aromatic rings. The van der Waals surface area contributed by atoms with E-state index >= 15 is 0 Å². The molecule has 0 aliphatic rings. The van der Waals surface area contributed by atoms with Crippen molar-refractivity contribution in [2.45, 2.75) is 6.42 Å². The molecule has 8 heteroatoms. The van der Waals surface area contributed by atoms with Gasteiger partial charge in [0.25, 0.3) is 5.91 Å². The minimum atomic E-state index is -0.288. The largest absolute Gasteiger partial charge is 0.493 e. The van der Waals surface area contributed by atoms with E-state index in [0.717, 1.165) is 11.3 Å². The maximum Gasteiger partial charge on any atom is 0.273 e. The summed E-state index contributed by atoms with van der Waals surface area (Å²) in [6.07, 6.45) is 2.21. The van der Waals surface area contributed by atoms with E-state index in [1.807, 2.05) is 30.3 Å². The van der Waals surface area contributed by atoms with Crippen molar-refractivity contribution in [2.24, 2.45) is 0 Å². The lowest BCUT2D eigenvalue weighted by atomic mass is 10.1. The van der Waals surface area contributed by atoms with Crippen LogP contribution in [0.25, 0.3) is 5.69 Å². The zero-order valence-electron chi connectivity index (χ0n) is 15.0. The van der Waals surface area contributed by atoms with Gasteiger partial charge in [-0.1, -0.05) is 28.9 Å². The minimum absolute atomic E-state index is 0.238. The van der Waals surface area contributed by atoms with Gasteiger partial charge in [0.05, 0.1) is 26.1 Å². The van der Waals surface area contributed by atoms with Gasteiger partial charge in [0.15, 0.2) is 17.2 Å². The maximum absolute atomic E-state index is 12.3. The second-order valence-corrected chi connectivity index (χ2v) is 6.16. The second kappa shape index (κ2) is 8.55. The number of carbonyl (C=O) groups is 1. The maximum atomic E-state index is 12.3. The number of benzene rings is 2. The van der Waals surface area contributed by atoms with E-state index in [1.54, 1.807) is 32.5 Å². The average Bonchev–Trinajstić information content (AvgIpc) is 3.18. The van der Waals surface area contributed by atoms with Gasteiger partial charge in [0.1, 0.15) is 0 Å². The number of hydrogen-bond donors (Lipinski definition) is 1. The number of rotatable bonds is 7. The van der Waals surface area contributed by atoms with Gasteiger partial charge in [0, 0.05) is 11.6 Å². The van der Waals surface area contributed by atoms with E-state index in [4.69, 9.17) is 21.1 Å². The fraction of sp³-hybridized carbons (Fsp3) is 0.211. The van der Waals surface area contributed by atoms with Crippen LogP contribution in [0.15, 0.2) is 48.7 Å². The lowest BCUT2D eigenvalue weighted by Gasteiger charge is -2.09. The number of nitrogens with zero attached hydrogens (tertiary/aromatic N) is 3. The smallest absolute Gasteiger partial charge is 0.273 e. The molecule has 0 bridgehead atoms. The van der Waals surface area contributed by atoms with Gasteiger partial charge in [-0.3, -0.25) is 4.79 Å². The first-order valence-corrected chi connectivity index (χ1v) is 8.66. The third-order valence-corrected chi connectivity index (χ3v) is 4.18. The molecule has 0 aliphatic heterocycles. The van der Waals surface area contributed by atoms with E-state index in [1.165, 1.54) is 4.68 Å². The van der Waals surface area contributed by atoms with Crippen LogP contribution in [0.5, 0.6) is 11.5 Å². The Morgan fingerprint density at radius 2 is 1.96 bits per heavy atom.